The molecule has 0 saturated carbocycles. The van der Waals surface area contributed by atoms with E-state index < -0.39 is 5.82 Å². The minimum atomic E-state index is -0.445. The van der Waals surface area contributed by atoms with E-state index in [2.05, 4.69) is 20.9 Å². The van der Waals surface area contributed by atoms with Gasteiger partial charge in [-0.25, -0.2) is 9.37 Å². The molecule has 0 N–H and O–H groups in total. The summed E-state index contributed by atoms with van der Waals surface area (Å²) in [5, 5.41) is 0.950. The van der Waals surface area contributed by atoms with Crippen molar-refractivity contribution < 1.29 is 4.39 Å². The number of aromatic nitrogens is 1. The van der Waals surface area contributed by atoms with E-state index in [4.69, 9.17) is 11.6 Å². The van der Waals surface area contributed by atoms with Gasteiger partial charge in [0.15, 0.2) is 0 Å². The molecule has 0 aliphatic carbocycles. The number of hydrogen-bond donors (Lipinski definition) is 0. The van der Waals surface area contributed by atoms with Gasteiger partial charge in [-0.3, -0.25) is 0 Å². The number of rotatable bonds is 0. The van der Waals surface area contributed by atoms with E-state index in [1.807, 2.05) is 6.07 Å². The standard InChI is InChI=1S/C9H4BrClFN/c10-9-2-1-5-3-6(11)7(12)4-8(5)13-9/h1-4H. The molecule has 0 spiro atoms. The first-order chi connectivity index (χ1) is 6.16. The van der Waals surface area contributed by atoms with Gasteiger partial charge in [0.25, 0.3) is 0 Å². The fourth-order valence-electron chi connectivity index (χ4n) is 1.09. The van der Waals surface area contributed by atoms with Crippen molar-refractivity contribution in [1.29, 1.82) is 0 Å². The molecule has 66 valence electrons. The van der Waals surface area contributed by atoms with Crippen LogP contribution >= 0.6 is 27.5 Å². The van der Waals surface area contributed by atoms with Crippen molar-refractivity contribution in [2.75, 3.05) is 0 Å². The Kier molecular flexibility index (Phi) is 2.22. The van der Waals surface area contributed by atoms with Crippen molar-refractivity contribution >= 4 is 38.4 Å². The molecule has 0 radical (unpaired) electrons. The van der Waals surface area contributed by atoms with E-state index in [9.17, 15) is 4.39 Å². The van der Waals surface area contributed by atoms with E-state index in [0.29, 0.717) is 10.1 Å². The molecule has 13 heavy (non-hydrogen) atoms. The molecule has 0 saturated heterocycles. The maximum absolute atomic E-state index is 13.0. The molecule has 1 nitrogen and oxygen atoms in total. The van der Waals surface area contributed by atoms with Gasteiger partial charge in [-0.15, -0.1) is 0 Å². The van der Waals surface area contributed by atoms with Crippen molar-refractivity contribution in [2.24, 2.45) is 0 Å². The molecule has 0 aliphatic rings. The lowest BCUT2D eigenvalue weighted by Gasteiger charge is -1.99. The molecular weight excluding hydrogens is 256 g/mol. The molecule has 0 aliphatic heterocycles. The number of fused-ring (bicyclic) bond motifs is 1. The lowest BCUT2D eigenvalue weighted by atomic mass is 10.2. The van der Waals surface area contributed by atoms with Gasteiger partial charge < -0.3 is 0 Å². The van der Waals surface area contributed by atoms with Crippen LogP contribution in [0.15, 0.2) is 28.9 Å². The number of halogens is 3. The minimum Gasteiger partial charge on any atom is -0.241 e. The first-order valence-corrected chi connectivity index (χ1v) is 4.75. The van der Waals surface area contributed by atoms with Crippen molar-refractivity contribution in [2.45, 2.75) is 0 Å². The summed E-state index contributed by atoms with van der Waals surface area (Å²) in [7, 11) is 0. The van der Waals surface area contributed by atoms with Gasteiger partial charge in [-0.2, -0.15) is 0 Å². The van der Waals surface area contributed by atoms with E-state index in [-0.39, 0.29) is 5.02 Å². The van der Waals surface area contributed by atoms with Crippen molar-refractivity contribution in [1.82, 2.24) is 4.98 Å². The number of benzene rings is 1. The molecule has 0 unspecified atom stereocenters. The van der Waals surface area contributed by atoms with Crippen LogP contribution in [0.4, 0.5) is 4.39 Å². The maximum atomic E-state index is 13.0. The Hall–Kier alpha value is -0.670. The second-order valence-electron chi connectivity index (χ2n) is 2.59. The van der Waals surface area contributed by atoms with Crippen molar-refractivity contribution in [3.63, 3.8) is 0 Å². The third kappa shape index (κ3) is 1.67. The number of pyridine rings is 1. The molecule has 4 heteroatoms. The zero-order valence-electron chi connectivity index (χ0n) is 6.39. The molecule has 2 aromatic rings. The van der Waals surface area contributed by atoms with Crippen molar-refractivity contribution in [3.8, 4) is 0 Å². The minimum absolute atomic E-state index is 0.122. The fraction of sp³-hybridized carbons (Fsp3) is 0. The second-order valence-corrected chi connectivity index (χ2v) is 3.81. The van der Waals surface area contributed by atoms with Crippen LogP contribution in [0, 0.1) is 5.82 Å². The molecule has 1 aromatic carbocycles. The van der Waals surface area contributed by atoms with Crippen LogP contribution in [0.5, 0.6) is 0 Å². The fourth-order valence-corrected chi connectivity index (χ4v) is 1.59. The number of hydrogen-bond acceptors (Lipinski definition) is 1. The number of nitrogens with zero attached hydrogens (tertiary/aromatic N) is 1. The SMILES string of the molecule is Fc1cc2nc(Br)ccc2cc1Cl. The van der Waals surface area contributed by atoms with Crippen molar-refractivity contribution in [3.05, 3.63) is 39.7 Å². The summed E-state index contributed by atoms with van der Waals surface area (Å²) in [5.74, 6) is -0.445. The molecule has 0 atom stereocenters. The highest BCUT2D eigenvalue weighted by atomic mass is 79.9. The Bertz CT molecular complexity index is 472. The van der Waals surface area contributed by atoms with Crippen LogP contribution in [0.1, 0.15) is 0 Å². The summed E-state index contributed by atoms with van der Waals surface area (Å²) in [4.78, 5) is 4.10. The Morgan fingerprint density at radius 1 is 1.31 bits per heavy atom. The lowest BCUT2D eigenvalue weighted by molar-refractivity contribution is 0.630. The Balaban J connectivity index is 2.81. The predicted molar refractivity (Wildman–Crippen MR) is 54.4 cm³/mol. The second kappa shape index (κ2) is 3.24. The average molecular weight is 260 g/mol. The topological polar surface area (TPSA) is 12.9 Å². The highest BCUT2D eigenvalue weighted by molar-refractivity contribution is 9.10. The van der Waals surface area contributed by atoms with Crippen LogP contribution < -0.4 is 0 Å². The summed E-state index contributed by atoms with van der Waals surface area (Å²) in [5.41, 5.74) is 0.594. The lowest BCUT2D eigenvalue weighted by Crippen LogP contribution is -1.83. The van der Waals surface area contributed by atoms with Gasteiger partial charge in [0.1, 0.15) is 10.4 Å². The molecular formula is C9H4BrClFN. The predicted octanol–water partition coefficient (Wildman–Crippen LogP) is 3.79. The Morgan fingerprint density at radius 3 is 2.85 bits per heavy atom. The van der Waals surface area contributed by atoms with Crippen LogP contribution in [0.25, 0.3) is 10.9 Å². The summed E-state index contributed by atoms with van der Waals surface area (Å²) in [6, 6.07) is 6.50. The normalized spacial score (nSPS) is 10.7. The first-order valence-electron chi connectivity index (χ1n) is 3.58. The largest absolute Gasteiger partial charge is 0.241 e. The van der Waals surface area contributed by atoms with Crippen LogP contribution in [0.2, 0.25) is 5.02 Å². The molecule has 1 heterocycles. The molecule has 2 rings (SSSR count). The molecule has 0 fully saturated rings. The molecule has 0 amide bonds. The highest BCUT2D eigenvalue weighted by Gasteiger charge is 2.03. The average Bonchev–Trinajstić information content (AvgIpc) is 2.08. The quantitative estimate of drug-likeness (QED) is 0.657. The van der Waals surface area contributed by atoms with Crippen LogP contribution in [0.3, 0.4) is 0 Å². The van der Waals surface area contributed by atoms with Gasteiger partial charge in [-0.05, 0) is 28.1 Å². The summed E-state index contributed by atoms with van der Waals surface area (Å²) < 4.78 is 13.7. The summed E-state index contributed by atoms with van der Waals surface area (Å²) >= 11 is 8.82. The van der Waals surface area contributed by atoms with Gasteiger partial charge in [-0.1, -0.05) is 17.7 Å². The highest BCUT2D eigenvalue weighted by Crippen LogP contribution is 2.22. The van der Waals surface area contributed by atoms with Crippen LogP contribution in [-0.2, 0) is 0 Å². The third-order valence-electron chi connectivity index (χ3n) is 1.70. The van der Waals surface area contributed by atoms with E-state index >= 15 is 0 Å². The first kappa shape index (κ1) is 8.91. The van der Waals surface area contributed by atoms with Gasteiger partial charge in [0.05, 0.1) is 10.5 Å². The third-order valence-corrected chi connectivity index (χ3v) is 2.43. The Morgan fingerprint density at radius 2 is 2.08 bits per heavy atom. The van der Waals surface area contributed by atoms with E-state index in [1.54, 1.807) is 12.1 Å². The maximum Gasteiger partial charge on any atom is 0.143 e. The monoisotopic (exact) mass is 259 g/mol. The van der Waals surface area contributed by atoms with Crippen LogP contribution in [-0.4, -0.2) is 4.98 Å². The Labute approximate surface area is 87.7 Å². The van der Waals surface area contributed by atoms with Gasteiger partial charge in [0, 0.05) is 11.5 Å². The molecule has 0 bridgehead atoms. The summed E-state index contributed by atoms with van der Waals surface area (Å²) in [6.07, 6.45) is 0. The van der Waals surface area contributed by atoms with E-state index in [1.165, 1.54) is 6.07 Å². The smallest absolute Gasteiger partial charge is 0.143 e. The summed E-state index contributed by atoms with van der Waals surface area (Å²) in [6.45, 7) is 0. The van der Waals surface area contributed by atoms with Gasteiger partial charge >= 0.3 is 0 Å². The van der Waals surface area contributed by atoms with E-state index in [0.717, 1.165) is 5.39 Å². The molecule has 1 aromatic heterocycles. The van der Waals surface area contributed by atoms with Gasteiger partial charge in [0.2, 0.25) is 0 Å². The zero-order valence-corrected chi connectivity index (χ0v) is 8.73. The zero-order chi connectivity index (χ0) is 9.42.